The van der Waals surface area contributed by atoms with E-state index in [0.717, 1.165) is 22.7 Å². The van der Waals surface area contributed by atoms with E-state index in [2.05, 4.69) is 67.5 Å². The second kappa shape index (κ2) is 9.47. The van der Waals surface area contributed by atoms with E-state index in [4.69, 9.17) is 0 Å². The van der Waals surface area contributed by atoms with E-state index < -0.39 is 0 Å². The molecule has 1 aromatic carbocycles. The average Bonchev–Trinajstić information content (AvgIpc) is 2.56. The highest BCUT2D eigenvalue weighted by molar-refractivity contribution is 5.64. The summed E-state index contributed by atoms with van der Waals surface area (Å²) in [6.07, 6.45) is 14.1. The maximum atomic E-state index is 3.99. The molecule has 0 aromatic heterocycles. The van der Waals surface area contributed by atoms with Gasteiger partial charge in [0.25, 0.3) is 0 Å². The van der Waals surface area contributed by atoms with Crippen molar-refractivity contribution in [3.05, 3.63) is 102 Å². The molecular weight excluding hydrogens is 278 g/mol. The molecule has 0 bridgehead atoms. The minimum absolute atomic E-state index is 1.02. The molecule has 0 fully saturated rings. The summed E-state index contributed by atoms with van der Waals surface area (Å²) in [5.74, 6) is 0. The normalized spacial score (nSPS) is 13.3. The summed E-state index contributed by atoms with van der Waals surface area (Å²) >= 11 is 0. The molecule has 23 heavy (non-hydrogen) atoms. The third-order valence-electron chi connectivity index (χ3n) is 3.44. The van der Waals surface area contributed by atoms with Gasteiger partial charge in [-0.3, -0.25) is 0 Å². The van der Waals surface area contributed by atoms with E-state index in [0.29, 0.717) is 0 Å². The molecule has 0 saturated carbocycles. The van der Waals surface area contributed by atoms with Gasteiger partial charge in [-0.25, -0.2) is 0 Å². The van der Waals surface area contributed by atoms with Gasteiger partial charge in [-0.1, -0.05) is 49.6 Å². The van der Waals surface area contributed by atoms with Crippen molar-refractivity contribution in [2.24, 2.45) is 0 Å². The first-order valence-corrected chi connectivity index (χ1v) is 7.86. The number of rotatable bonds is 7. The molecule has 0 aliphatic heterocycles. The fourth-order valence-electron chi connectivity index (χ4n) is 2.21. The SMILES string of the molecule is C=C/C(C)=C\C(=C/C)N(/C(C=C)=C/C=C\C)c1cccc(C)c1. The van der Waals surface area contributed by atoms with Crippen LogP contribution < -0.4 is 4.90 Å². The van der Waals surface area contributed by atoms with Crippen LogP contribution in [0.25, 0.3) is 0 Å². The van der Waals surface area contributed by atoms with Gasteiger partial charge in [0.2, 0.25) is 0 Å². The van der Waals surface area contributed by atoms with Crippen molar-refractivity contribution in [2.75, 3.05) is 4.90 Å². The topological polar surface area (TPSA) is 3.24 Å². The first-order valence-electron chi connectivity index (χ1n) is 7.86. The number of benzene rings is 1. The number of hydrogen-bond donors (Lipinski definition) is 0. The van der Waals surface area contributed by atoms with Crippen LogP contribution in [0, 0.1) is 6.92 Å². The largest absolute Gasteiger partial charge is 0.311 e. The highest BCUT2D eigenvalue weighted by Gasteiger charge is 2.13. The lowest BCUT2D eigenvalue weighted by Crippen LogP contribution is -2.20. The van der Waals surface area contributed by atoms with Gasteiger partial charge < -0.3 is 4.90 Å². The van der Waals surface area contributed by atoms with Crippen molar-refractivity contribution in [1.29, 1.82) is 0 Å². The van der Waals surface area contributed by atoms with E-state index >= 15 is 0 Å². The molecule has 0 aliphatic rings. The summed E-state index contributed by atoms with van der Waals surface area (Å²) < 4.78 is 0. The van der Waals surface area contributed by atoms with Crippen molar-refractivity contribution >= 4 is 5.69 Å². The number of hydrogen-bond acceptors (Lipinski definition) is 1. The van der Waals surface area contributed by atoms with Crippen molar-refractivity contribution in [1.82, 2.24) is 0 Å². The molecule has 120 valence electrons. The monoisotopic (exact) mass is 305 g/mol. The van der Waals surface area contributed by atoms with E-state index in [1.807, 2.05) is 45.1 Å². The molecule has 1 aromatic rings. The Morgan fingerprint density at radius 2 is 1.83 bits per heavy atom. The second-order valence-electron chi connectivity index (χ2n) is 5.30. The fourth-order valence-corrected chi connectivity index (χ4v) is 2.21. The van der Waals surface area contributed by atoms with Gasteiger partial charge in [0.1, 0.15) is 0 Å². The zero-order chi connectivity index (χ0) is 17.2. The summed E-state index contributed by atoms with van der Waals surface area (Å²) in [4.78, 5) is 2.20. The molecule has 0 unspecified atom stereocenters. The first-order chi connectivity index (χ1) is 11.1. The molecule has 0 radical (unpaired) electrons. The fraction of sp³-hybridized carbons (Fsp3) is 0.182. The summed E-state index contributed by atoms with van der Waals surface area (Å²) in [5, 5.41) is 0. The molecule has 0 atom stereocenters. The molecule has 1 nitrogen and oxygen atoms in total. The van der Waals surface area contributed by atoms with Crippen LogP contribution in [-0.2, 0) is 0 Å². The van der Waals surface area contributed by atoms with E-state index in [9.17, 15) is 0 Å². The zero-order valence-electron chi connectivity index (χ0n) is 14.7. The van der Waals surface area contributed by atoms with Crippen LogP contribution in [0.5, 0.6) is 0 Å². The molecule has 0 heterocycles. The second-order valence-corrected chi connectivity index (χ2v) is 5.30. The van der Waals surface area contributed by atoms with Crippen LogP contribution in [-0.4, -0.2) is 0 Å². The summed E-state index contributed by atoms with van der Waals surface area (Å²) in [7, 11) is 0. The molecule has 0 N–H and O–H groups in total. The predicted octanol–water partition coefficient (Wildman–Crippen LogP) is 6.48. The average molecular weight is 305 g/mol. The van der Waals surface area contributed by atoms with Crippen molar-refractivity contribution in [3.8, 4) is 0 Å². The molecule has 0 amide bonds. The Bertz CT molecular complexity index is 669. The van der Waals surface area contributed by atoms with E-state index in [1.54, 1.807) is 0 Å². The number of aryl methyl sites for hydroxylation is 1. The molecular formula is C22H27N. The molecule has 1 heteroatoms. The van der Waals surface area contributed by atoms with Crippen LogP contribution in [0.15, 0.2) is 96.9 Å². The minimum atomic E-state index is 1.02. The van der Waals surface area contributed by atoms with Crippen LogP contribution >= 0.6 is 0 Å². The Kier molecular flexibility index (Phi) is 7.62. The number of anilines is 1. The van der Waals surface area contributed by atoms with Crippen LogP contribution in [0.3, 0.4) is 0 Å². The third kappa shape index (κ3) is 5.30. The Hall–Kier alpha value is -2.54. The zero-order valence-corrected chi connectivity index (χ0v) is 14.7. The predicted molar refractivity (Wildman–Crippen MR) is 104 cm³/mol. The quantitative estimate of drug-likeness (QED) is 0.521. The van der Waals surface area contributed by atoms with Crippen LogP contribution in [0.1, 0.15) is 26.3 Å². The summed E-state index contributed by atoms with van der Waals surface area (Å²) in [6, 6.07) is 8.46. The Morgan fingerprint density at radius 1 is 1.09 bits per heavy atom. The lowest BCUT2D eigenvalue weighted by Gasteiger charge is -2.27. The van der Waals surface area contributed by atoms with Crippen LogP contribution in [0.4, 0.5) is 5.69 Å². The highest BCUT2D eigenvalue weighted by atomic mass is 15.1. The first kappa shape index (κ1) is 18.5. The molecule has 1 rings (SSSR count). The number of nitrogens with zero attached hydrogens (tertiary/aromatic N) is 1. The van der Waals surface area contributed by atoms with Gasteiger partial charge in [0.05, 0.1) is 0 Å². The lowest BCUT2D eigenvalue weighted by atomic mass is 10.1. The lowest BCUT2D eigenvalue weighted by molar-refractivity contribution is 1.13. The Labute approximate surface area is 141 Å². The van der Waals surface area contributed by atoms with Gasteiger partial charge in [-0.05, 0) is 69.2 Å². The molecule has 0 aliphatic carbocycles. The van der Waals surface area contributed by atoms with E-state index in [-0.39, 0.29) is 0 Å². The van der Waals surface area contributed by atoms with Crippen LogP contribution in [0.2, 0.25) is 0 Å². The molecule has 0 spiro atoms. The summed E-state index contributed by atoms with van der Waals surface area (Å²) in [6.45, 7) is 16.0. The van der Waals surface area contributed by atoms with Crippen molar-refractivity contribution in [2.45, 2.75) is 27.7 Å². The standard InChI is InChI=1S/C22H27N/c1-7-11-14-20(9-3)23(21(10-4)16-18(5)8-2)22-15-12-13-19(6)17-22/h7-17H,2-3H2,1,4-6H3/b11-7-,18-16-,20-14+,21-10+. The van der Waals surface area contributed by atoms with Crippen molar-refractivity contribution < 1.29 is 0 Å². The van der Waals surface area contributed by atoms with E-state index in [1.165, 1.54) is 5.56 Å². The van der Waals surface area contributed by atoms with Gasteiger partial charge >= 0.3 is 0 Å². The maximum Gasteiger partial charge on any atom is 0.0464 e. The maximum absolute atomic E-state index is 3.99. The Morgan fingerprint density at radius 3 is 2.35 bits per heavy atom. The number of allylic oxidation sites excluding steroid dienone is 8. The third-order valence-corrected chi connectivity index (χ3v) is 3.44. The van der Waals surface area contributed by atoms with Gasteiger partial charge in [-0.2, -0.15) is 0 Å². The Balaban J connectivity index is 3.53. The van der Waals surface area contributed by atoms with Gasteiger partial charge in [0, 0.05) is 17.1 Å². The molecule has 0 saturated heterocycles. The van der Waals surface area contributed by atoms with Crippen molar-refractivity contribution in [3.63, 3.8) is 0 Å². The van der Waals surface area contributed by atoms with Gasteiger partial charge in [0.15, 0.2) is 0 Å². The minimum Gasteiger partial charge on any atom is -0.311 e. The summed E-state index contributed by atoms with van der Waals surface area (Å²) in [5.41, 5.74) is 5.56. The van der Waals surface area contributed by atoms with Gasteiger partial charge in [-0.15, -0.1) is 0 Å². The smallest absolute Gasteiger partial charge is 0.0464 e. The highest BCUT2D eigenvalue weighted by Crippen LogP contribution is 2.27.